The number of benzene rings is 1. The van der Waals surface area contributed by atoms with Crippen LogP contribution in [0, 0.1) is 5.92 Å². The Morgan fingerprint density at radius 2 is 1.95 bits per heavy atom. The highest BCUT2D eigenvalue weighted by molar-refractivity contribution is 7.89. The van der Waals surface area contributed by atoms with Crippen LogP contribution in [0.15, 0.2) is 35.2 Å². The summed E-state index contributed by atoms with van der Waals surface area (Å²) in [7, 11) is -3.54. The van der Waals surface area contributed by atoms with E-state index >= 15 is 0 Å². The molecule has 1 aromatic rings. The molecule has 0 aliphatic carbocycles. The van der Waals surface area contributed by atoms with Gasteiger partial charge in [0, 0.05) is 19.5 Å². The van der Waals surface area contributed by atoms with Crippen LogP contribution in [-0.4, -0.2) is 34.0 Å². The third-order valence-electron chi connectivity index (χ3n) is 2.75. The zero-order valence-electron chi connectivity index (χ0n) is 11.5. The summed E-state index contributed by atoms with van der Waals surface area (Å²) in [6, 6.07) is 8.05. The highest BCUT2D eigenvalue weighted by Gasteiger charge is 2.13. The molecule has 0 fully saturated rings. The highest BCUT2D eigenvalue weighted by atomic mass is 32.2. The molecule has 0 spiro atoms. The molecular weight excluding hydrogens is 278 g/mol. The van der Waals surface area contributed by atoms with Crippen LogP contribution in [0.25, 0.3) is 0 Å². The molecule has 0 aliphatic heterocycles. The van der Waals surface area contributed by atoms with Crippen molar-refractivity contribution < 1.29 is 13.2 Å². The fraction of sp³-hybridized carbons (Fsp3) is 0.462. The lowest BCUT2D eigenvalue weighted by molar-refractivity contribution is -0.121. The van der Waals surface area contributed by atoms with Crippen molar-refractivity contribution in [3.8, 4) is 0 Å². The first-order chi connectivity index (χ1) is 9.45. The smallest absolute Gasteiger partial charge is 0.240 e. The molecule has 0 radical (unpaired) electrons. The van der Waals surface area contributed by atoms with E-state index in [2.05, 4.69) is 10.0 Å². The molecule has 0 saturated heterocycles. The molecule has 1 rings (SSSR count). The second-order valence-electron chi connectivity index (χ2n) is 4.61. The minimum atomic E-state index is -3.54. The fourth-order valence-corrected chi connectivity index (χ4v) is 2.49. The van der Waals surface area contributed by atoms with Crippen molar-refractivity contribution in [1.82, 2.24) is 10.0 Å². The molecule has 4 N–H and O–H groups in total. The van der Waals surface area contributed by atoms with E-state index in [1.807, 2.05) is 6.92 Å². The van der Waals surface area contributed by atoms with Gasteiger partial charge in [0.1, 0.15) is 0 Å². The van der Waals surface area contributed by atoms with Gasteiger partial charge in [-0.05, 0) is 24.6 Å². The minimum Gasteiger partial charge on any atom is -0.356 e. The maximum Gasteiger partial charge on any atom is 0.240 e. The molecular formula is C13H21N3O3S. The van der Waals surface area contributed by atoms with Gasteiger partial charge < -0.3 is 11.1 Å². The van der Waals surface area contributed by atoms with Crippen molar-refractivity contribution in [2.24, 2.45) is 11.7 Å². The van der Waals surface area contributed by atoms with Gasteiger partial charge in [-0.25, -0.2) is 13.1 Å². The summed E-state index contributed by atoms with van der Waals surface area (Å²) in [6.45, 7) is 3.00. The average Bonchev–Trinajstić information content (AvgIpc) is 2.45. The maximum absolute atomic E-state index is 11.9. The SMILES string of the molecule is CC(CN)CNC(=O)CCNS(=O)(=O)c1ccccc1. The number of nitrogens with one attached hydrogen (secondary N) is 2. The number of nitrogens with two attached hydrogens (primary N) is 1. The topological polar surface area (TPSA) is 101 Å². The predicted octanol–water partition coefficient (Wildman–Crippen LogP) is 0.0660. The average molecular weight is 299 g/mol. The Hall–Kier alpha value is -1.44. The van der Waals surface area contributed by atoms with Crippen LogP contribution in [0.1, 0.15) is 13.3 Å². The summed E-state index contributed by atoms with van der Waals surface area (Å²) in [5.74, 6) is 0.0148. The van der Waals surface area contributed by atoms with Gasteiger partial charge >= 0.3 is 0 Å². The Kier molecular flexibility index (Phi) is 6.63. The zero-order chi connectivity index (χ0) is 15.0. The molecule has 7 heteroatoms. The molecule has 0 saturated carbocycles. The van der Waals surface area contributed by atoms with Crippen LogP contribution in [0.2, 0.25) is 0 Å². The van der Waals surface area contributed by atoms with Gasteiger partial charge in [-0.3, -0.25) is 4.79 Å². The Bertz CT molecular complexity index is 517. The van der Waals surface area contributed by atoms with Crippen LogP contribution in [0.4, 0.5) is 0 Å². The second-order valence-corrected chi connectivity index (χ2v) is 6.37. The van der Waals surface area contributed by atoms with Crippen LogP contribution in [0.3, 0.4) is 0 Å². The molecule has 1 unspecified atom stereocenters. The monoisotopic (exact) mass is 299 g/mol. The van der Waals surface area contributed by atoms with Crippen LogP contribution in [0.5, 0.6) is 0 Å². The van der Waals surface area contributed by atoms with Crippen molar-refractivity contribution in [1.29, 1.82) is 0 Å². The zero-order valence-corrected chi connectivity index (χ0v) is 12.3. The second kappa shape index (κ2) is 7.98. The van der Waals surface area contributed by atoms with E-state index in [-0.39, 0.29) is 29.7 Å². The van der Waals surface area contributed by atoms with E-state index in [1.165, 1.54) is 12.1 Å². The predicted molar refractivity (Wildman–Crippen MR) is 77.5 cm³/mol. The van der Waals surface area contributed by atoms with Crippen molar-refractivity contribution in [3.63, 3.8) is 0 Å². The number of amides is 1. The Morgan fingerprint density at radius 1 is 1.30 bits per heavy atom. The van der Waals surface area contributed by atoms with Crippen molar-refractivity contribution in [2.45, 2.75) is 18.2 Å². The Morgan fingerprint density at radius 3 is 2.55 bits per heavy atom. The van der Waals surface area contributed by atoms with Gasteiger partial charge in [-0.2, -0.15) is 0 Å². The summed E-state index contributed by atoms with van der Waals surface area (Å²) in [6.07, 6.45) is 0.101. The summed E-state index contributed by atoms with van der Waals surface area (Å²) in [5.41, 5.74) is 5.44. The van der Waals surface area contributed by atoms with Gasteiger partial charge in [-0.15, -0.1) is 0 Å². The lowest BCUT2D eigenvalue weighted by Crippen LogP contribution is -2.34. The van der Waals surface area contributed by atoms with E-state index in [4.69, 9.17) is 5.73 Å². The number of rotatable bonds is 8. The van der Waals surface area contributed by atoms with Gasteiger partial charge in [0.15, 0.2) is 0 Å². The lowest BCUT2D eigenvalue weighted by atomic mass is 10.2. The first kappa shape index (κ1) is 16.6. The van der Waals surface area contributed by atoms with E-state index in [9.17, 15) is 13.2 Å². The minimum absolute atomic E-state index is 0.0695. The third kappa shape index (κ3) is 5.68. The largest absolute Gasteiger partial charge is 0.356 e. The molecule has 0 aliphatic rings. The first-order valence-corrected chi connectivity index (χ1v) is 7.95. The van der Waals surface area contributed by atoms with Crippen molar-refractivity contribution >= 4 is 15.9 Å². The molecule has 0 heterocycles. The van der Waals surface area contributed by atoms with E-state index in [0.29, 0.717) is 13.1 Å². The Labute approximate surface area is 119 Å². The number of sulfonamides is 1. The molecule has 0 bridgehead atoms. The maximum atomic E-state index is 11.9. The standard InChI is InChI=1S/C13H21N3O3S/c1-11(9-14)10-15-13(17)7-8-16-20(18,19)12-5-3-2-4-6-12/h2-6,11,16H,7-10,14H2,1H3,(H,15,17). The molecule has 20 heavy (non-hydrogen) atoms. The third-order valence-corrected chi connectivity index (χ3v) is 4.22. The molecule has 1 amide bonds. The summed E-state index contributed by atoms with van der Waals surface area (Å²) in [5, 5.41) is 2.71. The summed E-state index contributed by atoms with van der Waals surface area (Å²) in [4.78, 5) is 11.7. The lowest BCUT2D eigenvalue weighted by Gasteiger charge is -2.10. The van der Waals surface area contributed by atoms with Gasteiger partial charge in [0.2, 0.25) is 15.9 Å². The molecule has 6 nitrogen and oxygen atoms in total. The van der Waals surface area contributed by atoms with Gasteiger partial charge in [0.05, 0.1) is 4.90 Å². The van der Waals surface area contributed by atoms with Gasteiger partial charge in [0.25, 0.3) is 0 Å². The normalized spacial score (nSPS) is 12.9. The number of carbonyl (C=O) groups is 1. The van der Waals surface area contributed by atoms with Crippen molar-refractivity contribution in [3.05, 3.63) is 30.3 Å². The number of hydrogen-bond acceptors (Lipinski definition) is 4. The van der Waals surface area contributed by atoms with E-state index in [0.717, 1.165) is 0 Å². The molecule has 1 atom stereocenters. The highest BCUT2D eigenvalue weighted by Crippen LogP contribution is 2.06. The van der Waals surface area contributed by atoms with Crippen LogP contribution >= 0.6 is 0 Å². The van der Waals surface area contributed by atoms with E-state index in [1.54, 1.807) is 18.2 Å². The molecule has 112 valence electrons. The number of carbonyl (C=O) groups excluding carboxylic acids is 1. The molecule has 0 aromatic heterocycles. The first-order valence-electron chi connectivity index (χ1n) is 6.47. The van der Waals surface area contributed by atoms with Crippen LogP contribution in [-0.2, 0) is 14.8 Å². The summed E-state index contributed by atoms with van der Waals surface area (Å²) < 4.78 is 26.1. The van der Waals surface area contributed by atoms with Crippen LogP contribution < -0.4 is 15.8 Å². The van der Waals surface area contributed by atoms with Gasteiger partial charge in [-0.1, -0.05) is 25.1 Å². The summed E-state index contributed by atoms with van der Waals surface area (Å²) >= 11 is 0. The fourth-order valence-electron chi connectivity index (χ4n) is 1.44. The quantitative estimate of drug-likeness (QED) is 0.632. The number of hydrogen-bond donors (Lipinski definition) is 3. The van der Waals surface area contributed by atoms with Crippen molar-refractivity contribution in [2.75, 3.05) is 19.6 Å². The Balaban J connectivity index is 2.35. The molecule has 1 aromatic carbocycles. The van der Waals surface area contributed by atoms with E-state index < -0.39 is 10.0 Å².